The monoisotopic (exact) mass is 377 g/mol. The van der Waals surface area contributed by atoms with Crippen LogP contribution in [0.2, 0.25) is 0 Å². The van der Waals surface area contributed by atoms with Crippen LogP contribution >= 0.6 is 12.6 Å². The summed E-state index contributed by atoms with van der Waals surface area (Å²) in [7, 11) is 2.17. The molecule has 5 heteroatoms. The molecule has 0 aromatic heterocycles. The fraction of sp³-hybridized carbons (Fsp3) is 0.667. The first-order valence-corrected chi connectivity index (χ1v) is 10.4. The van der Waals surface area contributed by atoms with Crippen molar-refractivity contribution in [3.63, 3.8) is 0 Å². The number of rotatable bonds is 10. The molecule has 26 heavy (non-hydrogen) atoms. The Bertz CT molecular complexity index is 539. The van der Waals surface area contributed by atoms with E-state index in [2.05, 4.69) is 72.5 Å². The molecule has 0 aliphatic carbocycles. The van der Waals surface area contributed by atoms with E-state index < -0.39 is 0 Å². The molecule has 1 aromatic rings. The van der Waals surface area contributed by atoms with Gasteiger partial charge in [-0.25, -0.2) is 0 Å². The smallest absolute Gasteiger partial charge is 0.185 e. The van der Waals surface area contributed by atoms with Gasteiger partial charge in [0.15, 0.2) is 5.12 Å². The van der Waals surface area contributed by atoms with Crippen LogP contribution in [0.15, 0.2) is 24.3 Å². The van der Waals surface area contributed by atoms with Crippen LogP contribution < -0.4 is 4.90 Å². The Morgan fingerprint density at radius 2 is 1.73 bits per heavy atom. The number of hydrogen-bond donors (Lipinski definition) is 1. The second-order valence-electron chi connectivity index (χ2n) is 7.73. The Labute approximate surface area is 164 Å². The molecule has 146 valence electrons. The number of unbranched alkanes of at least 4 members (excludes halogenated alkanes) is 2. The summed E-state index contributed by atoms with van der Waals surface area (Å²) in [6, 6.07) is 9.72. The molecule has 1 fully saturated rings. The first kappa shape index (κ1) is 21.3. The van der Waals surface area contributed by atoms with Crippen LogP contribution in [-0.2, 0) is 11.3 Å². The average molecular weight is 378 g/mol. The molecule has 0 spiro atoms. The third kappa shape index (κ3) is 7.29. The van der Waals surface area contributed by atoms with E-state index in [0.717, 1.165) is 58.5 Å². The summed E-state index contributed by atoms with van der Waals surface area (Å²) >= 11 is 3.81. The molecule has 0 radical (unpaired) electrons. The first-order valence-electron chi connectivity index (χ1n) is 9.94. The lowest BCUT2D eigenvalue weighted by molar-refractivity contribution is -0.110. The number of thiol groups is 1. The van der Waals surface area contributed by atoms with Crippen molar-refractivity contribution >= 4 is 23.4 Å². The third-order valence-electron chi connectivity index (χ3n) is 5.23. The molecule has 1 aliphatic heterocycles. The van der Waals surface area contributed by atoms with Crippen LogP contribution in [0.1, 0.15) is 45.1 Å². The lowest BCUT2D eigenvalue weighted by Crippen LogP contribution is -2.48. The van der Waals surface area contributed by atoms with Gasteiger partial charge in [-0.1, -0.05) is 18.6 Å². The molecular formula is C21H35N3OS. The number of carbonyl (C=O) groups excluding carboxylic acids is 1. The Morgan fingerprint density at radius 3 is 2.31 bits per heavy atom. The van der Waals surface area contributed by atoms with Crippen molar-refractivity contribution < 1.29 is 4.79 Å². The highest BCUT2D eigenvalue weighted by atomic mass is 32.1. The summed E-state index contributed by atoms with van der Waals surface area (Å²) < 4.78 is 0. The molecular weight excluding hydrogens is 342 g/mol. The maximum Gasteiger partial charge on any atom is 0.185 e. The van der Waals surface area contributed by atoms with Crippen molar-refractivity contribution in [2.24, 2.45) is 0 Å². The summed E-state index contributed by atoms with van der Waals surface area (Å²) in [6.45, 7) is 11.1. The second-order valence-corrected chi connectivity index (χ2v) is 8.22. The quantitative estimate of drug-likeness (QED) is 0.497. The van der Waals surface area contributed by atoms with Crippen LogP contribution in [0.5, 0.6) is 0 Å². The fourth-order valence-corrected chi connectivity index (χ4v) is 3.69. The normalized spacial score (nSPS) is 15.8. The molecule has 0 unspecified atom stereocenters. The average Bonchev–Trinajstić information content (AvgIpc) is 2.62. The first-order chi connectivity index (χ1) is 12.5. The van der Waals surface area contributed by atoms with Gasteiger partial charge < -0.3 is 9.80 Å². The highest BCUT2D eigenvalue weighted by Crippen LogP contribution is 2.19. The largest absolute Gasteiger partial charge is 0.369 e. The second kappa shape index (κ2) is 11.0. The van der Waals surface area contributed by atoms with E-state index >= 15 is 0 Å². The molecule has 1 heterocycles. The van der Waals surface area contributed by atoms with Gasteiger partial charge in [-0.05, 0) is 58.0 Å². The SMILES string of the molecule is CC(C)N1CCN(c2ccc(CN(C)CCCCCC(=O)S)cc2)CC1. The van der Waals surface area contributed by atoms with Gasteiger partial charge in [0, 0.05) is 50.9 Å². The van der Waals surface area contributed by atoms with Gasteiger partial charge in [0.2, 0.25) is 0 Å². The number of benzene rings is 1. The Morgan fingerprint density at radius 1 is 1.08 bits per heavy atom. The van der Waals surface area contributed by atoms with Gasteiger partial charge in [0.05, 0.1) is 0 Å². The van der Waals surface area contributed by atoms with Gasteiger partial charge >= 0.3 is 0 Å². The number of anilines is 1. The van der Waals surface area contributed by atoms with Crippen LogP contribution in [0.25, 0.3) is 0 Å². The van der Waals surface area contributed by atoms with E-state index in [4.69, 9.17) is 0 Å². The third-order valence-corrected chi connectivity index (χ3v) is 5.45. The van der Waals surface area contributed by atoms with Crippen molar-refractivity contribution in [1.82, 2.24) is 9.80 Å². The molecule has 0 atom stereocenters. The zero-order chi connectivity index (χ0) is 18.9. The van der Waals surface area contributed by atoms with E-state index in [0.29, 0.717) is 12.5 Å². The number of hydrogen-bond acceptors (Lipinski definition) is 4. The minimum atomic E-state index is 0.00376. The van der Waals surface area contributed by atoms with Crippen molar-refractivity contribution in [3.8, 4) is 0 Å². The van der Waals surface area contributed by atoms with Gasteiger partial charge in [0.25, 0.3) is 0 Å². The molecule has 0 amide bonds. The zero-order valence-corrected chi connectivity index (χ0v) is 17.5. The lowest BCUT2D eigenvalue weighted by Gasteiger charge is -2.38. The summed E-state index contributed by atoms with van der Waals surface area (Å²) in [6.07, 6.45) is 3.78. The fourth-order valence-electron chi connectivity index (χ4n) is 3.53. The zero-order valence-electron chi connectivity index (χ0n) is 16.7. The minimum absolute atomic E-state index is 0.00376. The highest BCUT2D eigenvalue weighted by Gasteiger charge is 2.18. The molecule has 1 aliphatic rings. The van der Waals surface area contributed by atoms with Gasteiger partial charge in [-0.15, -0.1) is 12.6 Å². The van der Waals surface area contributed by atoms with Crippen LogP contribution in [0, 0.1) is 0 Å². The molecule has 4 nitrogen and oxygen atoms in total. The molecule has 2 rings (SSSR count). The van der Waals surface area contributed by atoms with Gasteiger partial charge in [-0.2, -0.15) is 0 Å². The molecule has 1 aromatic carbocycles. The Balaban J connectivity index is 1.71. The van der Waals surface area contributed by atoms with E-state index in [9.17, 15) is 4.79 Å². The maximum atomic E-state index is 10.8. The van der Waals surface area contributed by atoms with Gasteiger partial charge in [0.1, 0.15) is 0 Å². The van der Waals surface area contributed by atoms with E-state index in [1.54, 1.807) is 0 Å². The number of carbonyl (C=O) groups is 1. The predicted octanol–water partition coefficient (Wildman–Crippen LogP) is 3.67. The molecule has 0 saturated carbocycles. The summed E-state index contributed by atoms with van der Waals surface area (Å²) in [4.78, 5) is 18.2. The Kier molecular flexibility index (Phi) is 8.96. The lowest BCUT2D eigenvalue weighted by atomic mass is 10.1. The topological polar surface area (TPSA) is 26.8 Å². The van der Waals surface area contributed by atoms with E-state index in [1.165, 1.54) is 11.3 Å². The predicted molar refractivity (Wildman–Crippen MR) is 114 cm³/mol. The van der Waals surface area contributed by atoms with Crippen molar-refractivity contribution in [1.29, 1.82) is 0 Å². The summed E-state index contributed by atoms with van der Waals surface area (Å²) in [5.41, 5.74) is 2.71. The minimum Gasteiger partial charge on any atom is -0.369 e. The van der Waals surface area contributed by atoms with E-state index in [1.807, 2.05) is 0 Å². The Hall–Kier alpha value is -1.04. The van der Waals surface area contributed by atoms with Crippen LogP contribution in [-0.4, -0.2) is 60.7 Å². The molecule has 0 bridgehead atoms. The summed E-state index contributed by atoms with van der Waals surface area (Å²) in [5, 5.41) is 0.00376. The van der Waals surface area contributed by atoms with E-state index in [-0.39, 0.29) is 5.12 Å². The summed E-state index contributed by atoms with van der Waals surface area (Å²) in [5.74, 6) is 0. The maximum absolute atomic E-state index is 10.8. The highest BCUT2D eigenvalue weighted by molar-refractivity contribution is 7.96. The van der Waals surface area contributed by atoms with Gasteiger partial charge in [-0.3, -0.25) is 9.69 Å². The molecule has 1 saturated heterocycles. The number of nitrogens with zero attached hydrogens (tertiary/aromatic N) is 3. The van der Waals surface area contributed by atoms with Crippen molar-refractivity contribution in [3.05, 3.63) is 29.8 Å². The van der Waals surface area contributed by atoms with Crippen LogP contribution in [0.4, 0.5) is 5.69 Å². The van der Waals surface area contributed by atoms with Crippen molar-refractivity contribution in [2.75, 3.05) is 44.7 Å². The standard InChI is InChI=1S/C21H35N3OS/c1-18(2)23-13-15-24(16-14-23)20-10-8-19(9-11-20)17-22(3)12-6-4-5-7-21(25)26/h8-11,18H,4-7,12-17H2,1-3H3,(H,25,26). The van der Waals surface area contributed by atoms with Crippen molar-refractivity contribution in [2.45, 2.75) is 52.1 Å². The molecule has 0 N–H and O–H groups in total. The van der Waals surface area contributed by atoms with Crippen LogP contribution in [0.3, 0.4) is 0 Å². The number of piperazine rings is 1.